The molecule has 156 valence electrons. The lowest BCUT2D eigenvalue weighted by Crippen LogP contribution is -2.20. The number of aryl methyl sites for hydroxylation is 1. The van der Waals surface area contributed by atoms with Crippen molar-refractivity contribution >= 4 is 11.6 Å². The van der Waals surface area contributed by atoms with Gasteiger partial charge in [-0.1, -0.05) is 48.5 Å². The lowest BCUT2D eigenvalue weighted by molar-refractivity contribution is -0.118. The maximum absolute atomic E-state index is 14.2. The van der Waals surface area contributed by atoms with Gasteiger partial charge in [0.2, 0.25) is 0 Å². The number of amides is 1. The van der Waals surface area contributed by atoms with Crippen molar-refractivity contribution in [2.24, 2.45) is 0 Å². The van der Waals surface area contributed by atoms with Crippen LogP contribution in [0.5, 0.6) is 5.75 Å². The summed E-state index contributed by atoms with van der Waals surface area (Å²) in [5.74, 6) is 0.214. The molecule has 0 saturated carbocycles. The number of carbonyl (C=O) groups excluding carboxylic acids is 1. The molecule has 4 aromatic rings. The van der Waals surface area contributed by atoms with Gasteiger partial charge < -0.3 is 10.1 Å². The number of halogens is 1. The number of aromatic nitrogens is 4. The number of para-hydroxylation sites is 1. The lowest BCUT2D eigenvalue weighted by atomic mass is 10.0. The van der Waals surface area contributed by atoms with Crippen LogP contribution in [-0.4, -0.2) is 32.7 Å². The van der Waals surface area contributed by atoms with E-state index in [-0.39, 0.29) is 18.2 Å². The first-order chi connectivity index (χ1) is 15.1. The van der Waals surface area contributed by atoms with Gasteiger partial charge in [-0.2, -0.15) is 4.68 Å². The van der Waals surface area contributed by atoms with E-state index in [9.17, 15) is 9.18 Å². The van der Waals surface area contributed by atoms with Crippen LogP contribution in [0.3, 0.4) is 0 Å². The van der Waals surface area contributed by atoms with Crippen LogP contribution in [-0.2, 0) is 11.2 Å². The molecule has 0 atom stereocenters. The van der Waals surface area contributed by atoms with E-state index < -0.39 is 5.82 Å². The summed E-state index contributed by atoms with van der Waals surface area (Å²) in [6.07, 6.45) is 0.700. The third-order valence-corrected chi connectivity index (χ3v) is 4.65. The van der Waals surface area contributed by atoms with Gasteiger partial charge >= 0.3 is 0 Å². The highest BCUT2D eigenvalue weighted by atomic mass is 19.1. The number of tetrazole rings is 1. The second-order valence-electron chi connectivity index (χ2n) is 6.91. The molecule has 1 amide bonds. The van der Waals surface area contributed by atoms with Crippen LogP contribution in [0, 0.1) is 12.7 Å². The van der Waals surface area contributed by atoms with Crippen LogP contribution >= 0.6 is 0 Å². The van der Waals surface area contributed by atoms with Crippen LogP contribution in [0.15, 0.2) is 72.8 Å². The Morgan fingerprint density at radius 1 is 1.06 bits per heavy atom. The van der Waals surface area contributed by atoms with E-state index in [1.807, 2.05) is 54.6 Å². The van der Waals surface area contributed by atoms with E-state index in [2.05, 4.69) is 20.8 Å². The summed E-state index contributed by atoms with van der Waals surface area (Å²) in [5, 5.41) is 13.8. The average Bonchev–Trinajstić information content (AvgIpc) is 3.21. The summed E-state index contributed by atoms with van der Waals surface area (Å²) in [6.45, 7) is 1.48. The van der Waals surface area contributed by atoms with Crippen molar-refractivity contribution in [1.29, 1.82) is 0 Å². The number of rotatable bonds is 7. The standard InChI is InChI=1S/C23H20FN5O2/c1-16-26-27-28-29(16)21-14-19(11-12-20(21)24)25-23(30)15-31-22-10-6-5-9-18(22)13-17-7-3-2-4-8-17/h2-12,14H,13,15H2,1H3,(H,25,30). The Morgan fingerprint density at radius 2 is 1.84 bits per heavy atom. The molecule has 1 N–H and O–H groups in total. The van der Waals surface area contributed by atoms with Crippen LogP contribution in [0.2, 0.25) is 0 Å². The van der Waals surface area contributed by atoms with Crippen molar-refractivity contribution < 1.29 is 13.9 Å². The van der Waals surface area contributed by atoms with Crippen molar-refractivity contribution in [3.8, 4) is 11.4 Å². The molecule has 1 aromatic heterocycles. The van der Waals surface area contributed by atoms with Crippen LogP contribution in [0.1, 0.15) is 17.0 Å². The molecule has 0 bridgehead atoms. The number of carbonyl (C=O) groups is 1. The first-order valence-electron chi connectivity index (χ1n) is 9.69. The molecular weight excluding hydrogens is 397 g/mol. The first-order valence-corrected chi connectivity index (χ1v) is 9.69. The number of benzene rings is 3. The summed E-state index contributed by atoms with van der Waals surface area (Å²) >= 11 is 0. The number of hydrogen-bond donors (Lipinski definition) is 1. The highest BCUT2D eigenvalue weighted by Crippen LogP contribution is 2.22. The third-order valence-electron chi connectivity index (χ3n) is 4.65. The molecule has 3 aromatic carbocycles. The molecule has 7 nitrogen and oxygen atoms in total. The monoisotopic (exact) mass is 417 g/mol. The van der Waals surface area contributed by atoms with Crippen molar-refractivity contribution in [2.75, 3.05) is 11.9 Å². The Kier molecular flexibility index (Phi) is 5.98. The van der Waals surface area contributed by atoms with E-state index in [1.165, 1.54) is 22.9 Å². The Hall–Kier alpha value is -4.07. The van der Waals surface area contributed by atoms with E-state index in [1.54, 1.807) is 6.92 Å². The zero-order chi connectivity index (χ0) is 21.6. The maximum Gasteiger partial charge on any atom is 0.262 e. The number of nitrogens with zero attached hydrogens (tertiary/aromatic N) is 4. The number of anilines is 1. The molecular formula is C23H20FN5O2. The Morgan fingerprint density at radius 3 is 2.61 bits per heavy atom. The first kappa shape index (κ1) is 20.2. The molecule has 0 fully saturated rings. The highest BCUT2D eigenvalue weighted by Gasteiger charge is 2.13. The van der Waals surface area contributed by atoms with E-state index in [0.29, 0.717) is 23.7 Å². The topological polar surface area (TPSA) is 81.9 Å². The normalized spacial score (nSPS) is 10.6. The quantitative estimate of drug-likeness (QED) is 0.496. The van der Waals surface area contributed by atoms with Gasteiger partial charge in [0.25, 0.3) is 5.91 Å². The Labute approximate surface area is 178 Å². The molecule has 0 spiro atoms. The summed E-state index contributed by atoms with van der Waals surface area (Å²) in [7, 11) is 0. The zero-order valence-electron chi connectivity index (χ0n) is 16.8. The molecule has 0 aliphatic rings. The second-order valence-corrected chi connectivity index (χ2v) is 6.91. The number of ether oxygens (including phenoxy) is 1. The zero-order valence-corrected chi connectivity index (χ0v) is 16.8. The minimum absolute atomic E-state index is 0.148. The Balaban J connectivity index is 1.42. The fraction of sp³-hybridized carbons (Fsp3) is 0.130. The molecule has 4 rings (SSSR count). The van der Waals surface area contributed by atoms with Gasteiger partial charge in [0.15, 0.2) is 12.4 Å². The number of hydrogen-bond acceptors (Lipinski definition) is 5. The smallest absolute Gasteiger partial charge is 0.262 e. The molecule has 0 aliphatic carbocycles. The van der Waals surface area contributed by atoms with Crippen LogP contribution in [0.25, 0.3) is 5.69 Å². The van der Waals surface area contributed by atoms with Gasteiger partial charge in [-0.25, -0.2) is 4.39 Å². The third kappa shape index (κ3) is 4.92. The van der Waals surface area contributed by atoms with Crippen molar-refractivity contribution in [3.05, 3.63) is 95.6 Å². The molecule has 8 heteroatoms. The minimum Gasteiger partial charge on any atom is -0.483 e. The van der Waals surface area contributed by atoms with Gasteiger partial charge in [0.05, 0.1) is 0 Å². The molecule has 1 heterocycles. The van der Waals surface area contributed by atoms with Crippen molar-refractivity contribution in [1.82, 2.24) is 20.2 Å². The lowest BCUT2D eigenvalue weighted by Gasteiger charge is -2.12. The maximum atomic E-state index is 14.2. The van der Waals surface area contributed by atoms with Crippen LogP contribution < -0.4 is 10.1 Å². The number of nitrogens with one attached hydrogen (secondary N) is 1. The second kappa shape index (κ2) is 9.17. The fourth-order valence-corrected chi connectivity index (χ4v) is 3.15. The molecule has 0 saturated heterocycles. The summed E-state index contributed by atoms with van der Waals surface area (Å²) in [4.78, 5) is 12.4. The molecule has 0 aliphatic heterocycles. The predicted molar refractivity (Wildman–Crippen MR) is 114 cm³/mol. The van der Waals surface area contributed by atoms with E-state index in [0.717, 1.165) is 11.1 Å². The largest absolute Gasteiger partial charge is 0.483 e. The highest BCUT2D eigenvalue weighted by molar-refractivity contribution is 5.92. The van der Waals surface area contributed by atoms with E-state index in [4.69, 9.17) is 4.74 Å². The van der Waals surface area contributed by atoms with Gasteiger partial charge in [0, 0.05) is 12.1 Å². The van der Waals surface area contributed by atoms with Gasteiger partial charge in [-0.05, 0) is 52.7 Å². The van der Waals surface area contributed by atoms with Gasteiger partial charge in [0.1, 0.15) is 17.3 Å². The summed E-state index contributed by atoms with van der Waals surface area (Å²) < 4.78 is 21.2. The summed E-state index contributed by atoms with van der Waals surface area (Å²) in [6, 6.07) is 21.8. The molecule has 31 heavy (non-hydrogen) atoms. The Bertz CT molecular complexity index is 1190. The summed E-state index contributed by atoms with van der Waals surface area (Å²) in [5.41, 5.74) is 2.70. The SMILES string of the molecule is Cc1nnnn1-c1cc(NC(=O)COc2ccccc2Cc2ccccc2)ccc1F. The average molecular weight is 417 g/mol. The van der Waals surface area contributed by atoms with E-state index >= 15 is 0 Å². The van der Waals surface area contributed by atoms with Crippen molar-refractivity contribution in [2.45, 2.75) is 13.3 Å². The van der Waals surface area contributed by atoms with Gasteiger partial charge in [-0.3, -0.25) is 4.79 Å². The molecule has 0 radical (unpaired) electrons. The minimum atomic E-state index is -0.500. The fourth-order valence-electron chi connectivity index (χ4n) is 3.15. The molecule has 0 unspecified atom stereocenters. The van der Waals surface area contributed by atoms with Crippen molar-refractivity contribution in [3.63, 3.8) is 0 Å². The van der Waals surface area contributed by atoms with Gasteiger partial charge in [-0.15, -0.1) is 5.10 Å². The van der Waals surface area contributed by atoms with Crippen LogP contribution in [0.4, 0.5) is 10.1 Å². The predicted octanol–water partition coefficient (Wildman–Crippen LogP) is 3.72.